The number of aliphatic hydroxyl groups is 1. The molecule has 6 nitrogen and oxygen atoms in total. The van der Waals surface area contributed by atoms with E-state index in [1.807, 2.05) is 0 Å². The molecular weight excluding hydrogens is 216 g/mol. The highest BCUT2D eigenvalue weighted by molar-refractivity contribution is 5.91. The van der Waals surface area contributed by atoms with Crippen LogP contribution in [0.3, 0.4) is 0 Å². The van der Waals surface area contributed by atoms with Crippen molar-refractivity contribution < 1.29 is 30.0 Å². The molecule has 0 aromatic heterocycles. The largest absolute Gasteiger partial charge is 0.504 e. The minimum Gasteiger partial charge on any atom is -0.504 e. The lowest BCUT2D eigenvalue weighted by molar-refractivity contribution is 0.0196. The summed E-state index contributed by atoms with van der Waals surface area (Å²) in [6, 6.07) is 1.92. The van der Waals surface area contributed by atoms with Gasteiger partial charge in [-0.2, -0.15) is 0 Å². The molecule has 1 aromatic carbocycles. The van der Waals surface area contributed by atoms with Crippen molar-refractivity contribution in [2.24, 2.45) is 0 Å². The fourth-order valence-corrected chi connectivity index (χ4v) is 1.01. The Morgan fingerprint density at radius 1 is 1.31 bits per heavy atom. The Kier molecular flexibility index (Phi) is 3.57. The van der Waals surface area contributed by atoms with Crippen molar-refractivity contribution in [2.75, 3.05) is 6.61 Å². The zero-order valence-electron chi connectivity index (χ0n) is 8.54. The summed E-state index contributed by atoms with van der Waals surface area (Å²) in [6.45, 7) is 1.15. The molecule has 0 spiro atoms. The second-order valence-corrected chi connectivity index (χ2v) is 3.26. The first-order valence-electron chi connectivity index (χ1n) is 4.52. The molecule has 0 saturated heterocycles. The Hall–Kier alpha value is -1.95. The van der Waals surface area contributed by atoms with Gasteiger partial charge in [0.05, 0.1) is 12.2 Å². The van der Waals surface area contributed by atoms with E-state index >= 15 is 0 Å². The maximum absolute atomic E-state index is 11.4. The SMILES string of the molecule is CC(CO)OC(=O)c1cc(O)c(O)c(O)c1. The van der Waals surface area contributed by atoms with Crippen LogP contribution in [-0.4, -0.2) is 39.1 Å². The second-order valence-electron chi connectivity index (χ2n) is 3.26. The van der Waals surface area contributed by atoms with Crippen molar-refractivity contribution in [2.45, 2.75) is 13.0 Å². The minimum atomic E-state index is -0.813. The van der Waals surface area contributed by atoms with Gasteiger partial charge in [-0.1, -0.05) is 0 Å². The predicted molar refractivity (Wildman–Crippen MR) is 53.4 cm³/mol. The van der Waals surface area contributed by atoms with Gasteiger partial charge in [-0.05, 0) is 19.1 Å². The number of hydrogen-bond donors (Lipinski definition) is 4. The molecule has 0 aliphatic rings. The number of ether oxygens (including phenoxy) is 1. The van der Waals surface area contributed by atoms with E-state index in [9.17, 15) is 4.79 Å². The summed E-state index contributed by atoms with van der Waals surface area (Å²) in [6.07, 6.45) is -0.689. The maximum atomic E-state index is 11.4. The van der Waals surface area contributed by atoms with E-state index in [1.54, 1.807) is 0 Å². The van der Waals surface area contributed by atoms with Gasteiger partial charge in [-0.25, -0.2) is 4.79 Å². The Morgan fingerprint density at radius 2 is 1.81 bits per heavy atom. The van der Waals surface area contributed by atoms with Gasteiger partial charge in [0.1, 0.15) is 6.10 Å². The summed E-state index contributed by atoms with van der Waals surface area (Å²) in [7, 11) is 0. The molecule has 0 heterocycles. The molecule has 88 valence electrons. The third kappa shape index (κ3) is 2.54. The van der Waals surface area contributed by atoms with Crippen LogP contribution in [-0.2, 0) is 4.74 Å². The van der Waals surface area contributed by atoms with Crippen LogP contribution >= 0.6 is 0 Å². The average Bonchev–Trinajstić information content (AvgIpc) is 2.24. The van der Waals surface area contributed by atoms with Gasteiger partial charge >= 0.3 is 5.97 Å². The quantitative estimate of drug-likeness (QED) is 0.439. The lowest BCUT2D eigenvalue weighted by Gasteiger charge is -2.10. The minimum absolute atomic E-state index is 0.117. The van der Waals surface area contributed by atoms with Crippen LogP contribution in [0.2, 0.25) is 0 Å². The molecule has 0 amide bonds. The molecule has 0 aliphatic heterocycles. The Labute approximate surface area is 91.3 Å². The molecule has 1 unspecified atom stereocenters. The van der Waals surface area contributed by atoms with Crippen LogP contribution in [0.1, 0.15) is 17.3 Å². The Balaban J connectivity index is 2.93. The number of rotatable bonds is 3. The maximum Gasteiger partial charge on any atom is 0.338 e. The number of benzene rings is 1. The zero-order valence-corrected chi connectivity index (χ0v) is 8.54. The summed E-state index contributed by atoms with van der Waals surface area (Å²) in [5.74, 6) is -2.76. The molecule has 0 bridgehead atoms. The van der Waals surface area contributed by atoms with Crippen molar-refractivity contribution in [1.29, 1.82) is 0 Å². The number of carbonyl (C=O) groups is 1. The van der Waals surface area contributed by atoms with Gasteiger partial charge in [-0.3, -0.25) is 0 Å². The predicted octanol–water partition coefficient (Wildman–Crippen LogP) is 0.341. The molecule has 1 rings (SSSR count). The summed E-state index contributed by atoms with van der Waals surface area (Å²) < 4.78 is 4.74. The summed E-state index contributed by atoms with van der Waals surface area (Å²) in [5, 5.41) is 36.0. The molecule has 1 atom stereocenters. The van der Waals surface area contributed by atoms with Crippen LogP contribution in [0.25, 0.3) is 0 Å². The van der Waals surface area contributed by atoms with Crippen molar-refractivity contribution in [3.63, 3.8) is 0 Å². The first-order valence-corrected chi connectivity index (χ1v) is 4.52. The first-order chi connectivity index (χ1) is 7.45. The zero-order chi connectivity index (χ0) is 12.3. The van der Waals surface area contributed by atoms with Gasteiger partial charge in [0.15, 0.2) is 17.2 Å². The molecule has 0 aliphatic carbocycles. The Bertz CT molecular complexity index is 377. The van der Waals surface area contributed by atoms with Gasteiger partial charge in [0.2, 0.25) is 0 Å². The van der Waals surface area contributed by atoms with E-state index in [4.69, 9.17) is 25.2 Å². The summed E-state index contributed by atoms with van der Waals surface area (Å²) in [4.78, 5) is 11.4. The number of hydrogen-bond acceptors (Lipinski definition) is 6. The van der Waals surface area contributed by atoms with Gasteiger partial charge in [0, 0.05) is 0 Å². The summed E-state index contributed by atoms with van der Waals surface area (Å²) in [5.41, 5.74) is -0.117. The molecule has 0 radical (unpaired) electrons. The second kappa shape index (κ2) is 4.71. The topological polar surface area (TPSA) is 107 Å². The molecule has 0 fully saturated rings. The van der Waals surface area contributed by atoms with E-state index < -0.39 is 29.3 Å². The van der Waals surface area contributed by atoms with E-state index in [0.717, 1.165) is 12.1 Å². The Morgan fingerprint density at radius 3 is 2.25 bits per heavy atom. The molecule has 16 heavy (non-hydrogen) atoms. The highest BCUT2D eigenvalue weighted by Crippen LogP contribution is 2.35. The van der Waals surface area contributed by atoms with Crippen LogP contribution in [0.15, 0.2) is 12.1 Å². The number of aromatic hydroxyl groups is 3. The third-order valence-electron chi connectivity index (χ3n) is 1.87. The van der Waals surface area contributed by atoms with Gasteiger partial charge in [0.25, 0.3) is 0 Å². The fraction of sp³-hybridized carbons (Fsp3) is 0.300. The lowest BCUT2D eigenvalue weighted by atomic mass is 10.2. The van der Waals surface area contributed by atoms with E-state index in [0.29, 0.717) is 0 Å². The van der Waals surface area contributed by atoms with Crippen LogP contribution in [0.5, 0.6) is 17.2 Å². The molecular formula is C10H12O6. The monoisotopic (exact) mass is 228 g/mol. The van der Waals surface area contributed by atoms with Crippen molar-refractivity contribution in [1.82, 2.24) is 0 Å². The highest BCUT2D eigenvalue weighted by atomic mass is 16.5. The van der Waals surface area contributed by atoms with Gasteiger partial charge < -0.3 is 25.2 Å². The number of carbonyl (C=O) groups excluding carboxylic acids is 1. The molecule has 6 heteroatoms. The molecule has 1 aromatic rings. The van der Waals surface area contributed by atoms with Crippen LogP contribution in [0, 0.1) is 0 Å². The van der Waals surface area contributed by atoms with E-state index in [1.165, 1.54) is 6.92 Å². The van der Waals surface area contributed by atoms with E-state index in [-0.39, 0.29) is 12.2 Å². The standard InChI is InChI=1S/C10H12O6/c1-5(4-11)16-10(15)6-2-7(12)9(14)8(13)3-6/h2-3,5,11-14H,4H2,1H3. The lowest BCUT2D eigenvalue weighted by Crippen LogP contribution is -2.18. The number of aliphatic hydroxyl groups excluding tert-OH is 1. The molecule has 0 saturated carbocycles. The van der Waals surface area contributed by atoms with Crippen molar-refractivity contribution in [3.8, 4) is 17.2 Å². The summed E-state index contributed by atoms with van der Waals surface area (Å²) >= 11 is 0. The van der Waals surface area contributed by atoms with Gasteiger partial charge in [-0.15, -0.1) is 0 Å². The number of esters is 1. The highest BCUT2D eigenvalue weighted by Gasteiger charge is 2.16. The van der Waals surface area contributed by atoms with Crippen molar-refractivity contribution >= 4 is 5.97 Å². The number of phenolic OH excluding ortho intramolecular Hbond substituents is 3. The normalized spacial score (nSPS) is 12.1. The first kappa shape index (κ1) is 12.1. The third-order valence-corrected chi connectivity index (χ3v) is 1.87. The molecule has 4 N–H and O–H groups in total. The van der Waals surface area contributed by atoms with Crippen LogP contribution in [0.4, 0.5) is 0 Å². The smallest absolute Gasteiger partial charge is 0.338 e. The van der Waals surface area contributed by atoms with Crippen molar-refractivity contribution in [3.05, 3.63) is 17.7 Å². The van der Waals surface area contributed by atoms with Crippen LogP contribution < -0.4 is 0 Å². The fourth-order valence-electron chi connectivity index (χ4n) is 1.01. The average molecular weight is 228 g/mol. The number of phenols is 3. The van der Waals surface area contributed by atoms with E-state index in [2.05, 4.69) is 0 Å².